The van der Waals surface area contributed by atoms with Crippen LogP contribution in [-0.2, 0) is 9.59 Å². The van der Waals surface area contributed by atoms with Gasteiger partial charge in [-0.3, -0.25) is 39.6 Å². The van der Waals surface area contributed by atoms with Crippen LogP contribution in [0.25, 0.3) is 0 Å². The number of anilines is 2. The largest absolute Gasteiger partial charge is 0.324 e. The fourth-order valence-electron chi connectivity index (χ4n) is 3.61. The second-order valence-corrected chi connectivity index (χ2v) is 9.20. The maximum Gasteiger partial charge on any atom is 0.271 e. The molecular formula is C24H30Cl2N6O6. The van der Waals surface area contributed by atoms with E-state index >= 15 is 0 Å². The molecule has 38 heavy (non-hydrogen) atoms. The van der Waals surface area contributed by atoms with Gasteiger partial charge in [0.15, 0.2) is 0 Å². The molecule has 0 radical (unpaired) electrons. The summed E-state index contributed by atoms with van der Waals surface area (Å²) in [5, 5.41) is 26.8. The molecule has 14 heteroatoms. The number of hydrogen-bond donors (Lipinski definition) is 2. The van der Waals surface area contributed by atoms with Crippen LogP contribution in [0.15, 0.2) is 36.4 Å². The van der Waals surface area contributed by atoms with Gasteiger partial charge in [-0.05, 0) is 51.2 Å². The molecule has 2 N–H and O–H groups in total. The van der Waals surface area contributed by atoms with Crippen molar-refractivity contribution in [3.8, 4) is 0 Å². The Morgan fingerprint density at radius 1 is 0.868 bits per heavy atom. The maximum atomic E-state index is 11.8. The Balaban J connectivity index is 0.000000267. The van der Waals surface area contributed by atoms with E-state index in [9.17, 15) is 29.8 Å². The van der Waals surface area contributed by atoms with Crippen LogP contribution >= 0.6 is 23.2 Å². The number of nitrogens with zero attached hydrogens (tertiary/aromatic N) is 4. The number of likely N-dealkylation sites (tertiary alicyclic amines) is 1. The molecule has 12 nitrogen and oxygen atoms in total. The lowest BCUT2D eigenvalue weighted by Crippen LogP contribution is -2.32. The number of rotatable bonds is 10. The Morgan fingerprint density at radius 3 is 1.71 bits per heavy atom. The number of nitrogens with one attached hydrogen (secondary N) is 2. The molecule has 1 fully saturated rings. The highest BCUT2D eigenvalue weighted by atomic mass is 35.5. The molecule has 0 aliphatic carbocycles. The summed E-state index contributed by atoms with van der Waals surface area (Å²) in [6.07, 6.45) is 2.23. The molecule has 1 aliphatic heterocycles. The van der Waals surface area contributed by atoms with E-state index in [1.54, 1.807) is 0 Å². The first-order valence-corrected chi connectivity index (χ1v) is 12.7. The van der Waals surface area contributed by atoms with Crippen LogP contribution in [0.5, 0.6) is 0 Å². The first-order valence-electron chi connectivity index (χ1n) is 12.0. The molecule has 0 aromatic heterocycles. The zero-order valence-corrected chi connectivity index (χ0v) is 22.6. The van der Waals surface area contributed by atoms with Gasteiger partial charge in [0.2, 0.25) is 11.8 Å². The van der Waals surface area contributed by atoms with Crippen molar-refractivity contribution in [1.29, 1.82) is 0 Å². The van der Waals surface area contributed by atoms with Crippen molar-refractivity contribution in [2.75, 3.05) is 49.9 Å². The molecule has 0 unspecified atom stereocenters. The summed E-state index contributed by atoms with van der Waals surface area (Å²) in [4.78, 5) is 47.6. The summed E-state index contributed by atoms with van der Waals surface area (Å²) in [7, 11) is 0. The van der Waals surface area contributed by atoms with Crippen molar-refractivity contribution in [1.82, 2.24) is 9.80 Å². The van der Waals surface area contributed by atoms with Crippen molar-refractivity contribution >= 4 is 57.8 Å². The van der Waals surface area contributed by atoms with Crippen LogP contribution in [0.2, 0.25) is 10.0 Å². The first kappa shape index (κ1) is 30.9. The van der Waals surface area contributed by atoms with E-state index in [1.807, 2.05) is 18.7 Å². The molecule has 2 amide bonds. The molecule has 0 saturated carbocycles. The third-order valence-corrected chi connectivity index (χ3v) is 6.33. The molecule has 1 saturated heterocycles. The SMILES string of the molecule is CCN(CC)CC(=O)Nc1ccc([N+](=O)[O-])cc1Cl.O=C(CN1CCCC1)Nc1ccc([N+](=O)[O-])cc1Cl. The van der Waals surface area contributed by atoms with Crippen molar-refractivity contribution in [3.63, 3.8) is 0 Å². The van der Waals surface area contributed by atoms with Gasteiger partial charge in [-0.25, -0.2) is 0 Å². The van der Waals surface area contributed by atoms with Gasteiger partial charge in [0.05, 0.1) is 44.4 Å². The first-order chi connectivity index (χ1) is 18.0. The van der Waals surface area contributed by atoms with Gasteiger partial charge in [-0.2, -0.15) is 0 Å². The second-order valence-electron chi connectivity index (χ2n) is 8.38. The fourth-order valence-corrected chi connectivity index (χ4v) is 4.06. The summed E-state index contributed by atoms with van der Waals surface area (Å²) in [6.45, 7) is 7.94. The molecular weight excluding hydrogens is 539 g/mol. The van der Waals surface area contributed by atoms with Gasteiger partial charge in [-0.1, -0.05) is 37.0 Å². The Bertz CT molecular complexity index is 1080. The van der Waals surface area contributed by atoms with Crippen LogP contribution in [0.3, 0.4) is 0 Å². The number of nitro groups is 2. The number of carbonyl (C=O) groups excluding carboxylic acids is 2. The van der Waals surface area contributed by atoms with E-state index in [0.29, 0.717) is 17.9 Å². The quantitative estimate of drug-likeness (QED) is 0.306. The Hall–Kier alpha value is -3.32. The molecule has 0 bridgehead atoms. The number of nitro benzene ring substituents is 2. The molecule has 2 aromatic carbocycles. The summed E-state index contributed by atoms with van der Waals surface area (Å²) in [5.74, 6) is -0.350. The summed E-state index contributed by atoms with van der Waals surface area (Å²) in [6, 6.07) is 7.95. The number of carbonyl (C=O) groups is 2. The van der Waals surface area contributed by atoms with Gasteiger partial charge in [0.25, 0.3) is 11.4 Å². The average molecular weight is 569 g/mol. The smallest absolute Gasteiger partial charge is 0.271 e. The van der Waals surface area contributed by atoms with Crippen LogP contribution in [0.4, 0.5) is 22.7 Å². The zero-order chi connectivity index (χ0) is 28.2. The minimum atomic E-state index is -0.534. The Kier molecular flexibility index (Phi) is 12.3. The molecule has 0 atom stereocenters. The summed E-state index contributed by atoms with van der Waals surface area (Å²) >= 11 is 11.8. The van der Waals surface area contributed by atoms with Crippen molar-refractivity contribution in [3.05, 3.63) is 66.7 Å². The molecule has 1 heterocycles. The monoisotopic (exact) mass is 568 g/mol. The lowest BCUT2D eigenvalue weighted by molar-refractivity contribution is -0.385. The van der Waals surface area contributed by atoms with E-state index in [4.69, 9.17) is 23.2 Å². The highest BCUT2D eigenvalue weighted by Crippen LogP contribution is 2.27. The number of benzene rings is 2. The highest BCUT2D eigenvalue weighted by molar-refractivity contribution is 6.34. The molecule has 206 valence electrons. The zero-order valence-electron chi connectivity index (χ0n) is 21.1. The third-order valence-electron chi connectivity index (χ3n) is 5.70. The molecule has 1 aliphatic rings. The van der Waals surface area contributed by atoms with E-state index in [-0.39, 0.29) is 39.8 Å². The van der Waals surface area contributed by atoms with E-state index in [2.05, 4.69) is 15.5 Å². The predicted octanol–water partition coefficient (Wildman–Crippen LogP) is 4.81. The Labute approximate surface area is 230 Å². The fraction of sp³-hybridized carbons (Fsp3) is 0.417. The lowest BCUT2D eigenvalue weighted by atomic mass is 10.3. The minimum Gasteiger partial charge on any atom is -0.324 e. The predicted molar refractivity (Wildman–Crippen MR) is 147 cm³/mol. The number of hydrogen-bond acceptors (Lipinski definition) is 8. The standard InChI is InChI=1S/C12H14ClN3O3.C12H16ClN3O3/c13-10-7-9(16(18)19)3-4-11(10)14-12(17)8-15-5-1-2-6-15;1-3-15(4-2)8-12(17)14-11-6-5-9(16(18)19)7-10(11)13/h3-4,7H,1-2,5-6,8H2,(H,14,17);5-7H,3-4,8H2,1-2H3,(H,14,17). The van der Waals surface area contributed by atoms with Crippen molar-refractivity contribution in [2.45, 2.75) is 26.7 Å². The molecule has 3 rings (SSSR count). The summed E-state index contributed by atoms with van der Waals surface area (Å²) in [5.41, 5.74) is 0.579. The number of non-ortho nitro benzene ring substituents is 2. The Morgan fingerprint density at radius 2 is 1.32 bits per heavy atom. The summed E-state index contributed by atoms with van der Waals surface area (Å²) < 4.78 is 0. The molecule has 0 spiro atoms. The second kappa shape index (κ2) is 15.2. The van der Waals surface area contributed by atoms with Crippen molar-refractivity contribution in [2.24, 2.45) is 0 Å². The van der Waals surface area contributed by atoms with Gasteiger partial charge < -0.3 is 10.6 Å². The number of halogens is 2. The highest BCUT2D eigenvalue weighted by Gasteiger charge is 2.17. The van der Waals surface area contributed by atoms with E-state index < -0.39 is 9.85 Å². The maximum absolute atomic E-state index is 11.8. The number of likely N-dealkylation sites (N-methyl/N-ethyl adjacent to an activating group) is 1. The van der Waals surface area contributed by atoms with Crippen LogP contribution in [0.1, 0.15) is 26.7 Å². The minimum absolute atomic E-state index is 0.0949. The van der Waals surface area contributed by atoms with Gasteiger partial charge in [-0.15, -0.1) is 0 Å². The van der Waals surface area contributed by atoms with Gasteiger partial charge in [0, 0.05) is 24.3 Å². The normalized spacial score (nSPS) is 13.0. The van der Waals surface area contributed by atoms with E-state index in [1.165, 1.54) is 36.4 Å². The topological polar surface area (TPSA) is 151 Å². The van der Waals surface area contributed by atoms with Crippen LogP contribution in [-0.4, -0.2) is 70.7 Å². The van der Waals surface area contributed by atoms with Gasteiger partial charge >= 0.3 is 0 Å². The lowest BCUT2D eigenvalue weighted by Gasteiger charge is -2.17. The number of amides is 2. The molecule has 2 aromatic rings. The van der Waals surface area contributed by atoms with Crippen LogP contribution < -0.4 is 10.6 Å². The average Bonchev–Trinajstić information content (AvgIpc) is 3.38. The van der Waals surface area contributed by atoms with Gasteiger partial charge in [0.1, 0.15) is 0 Å². The van der Waals surface area contributed by atoms with E-state index in [0.717, 1.165) is 39.0 Å². The van der Waals surface area contributed by atoms with Crippen molar-refractivity contribution < 1.29 is 19.4 Å². The van der Waals surface area contributed by atoms with Crippen LogP contribution in [0, 0.1) is 20.2 Å². The third kappa shape index (κ3) is 9.86.